The van der Waals surface area contributed by atoms with Crippen molar-refractivity contribution in [2.24, 2.45) is 0 Å². The average molecular weight is 443 g/mol. The first-order valence-corrected chi connectivity index (χ1v) is 11.3. The molecule has 6 heteroatoms. The van der Waals surface area contributed by atoms with Gasteiger partial charge in [-0.25, -0.2) is 4.79 Å². The number of carbonyl (C=O) groups is 1. The van der Waals surface area contributed by atoms with E-state index in [1.165, 1.54) is 28.6 Å². The zero-order valence-corrected chi connectivity index (χ0v) is 18.8. The number of halogens is 1. The number of fused-ring (bicyclic) bond motifs is 2. The highest BCUT2D eigenvalue weighted by Gasteiger charge is 2.21. The number of hydrogen-bond donors (Lipinski definition) is 2. The first-order valence-electron chi connectivity index (χ1n) is 10.9. The molecule has 3 rings (SSSR count). The van der Waals surface area contributed by atoms with Crippen molar-refractivity contribution in [2.45, 2.75) is 39.2 Å². The second kappa shape index (κ2) is 11.9. The second-order valence-electron chi connectivity index (χ2n) is 7.61. The fourth-order valence-corrected chi connectivity index (χ4v) is 4.06. The van der Waals surface area contributed by atoms with Crippen molar-refractivity contribution < 1.29 is 14.6 Å². The normalized spacial score (nSPS) is 13.1. The van der Waals surface area contributed by atoms with Crippen LogP contribution < -0.4 is 10.2 Å². The van der Waals surface area contributed by atoms with Crippen molar-refractivity contribution in [3.8, 4) is 0 Å². The van der Waals surface area contributed by atoms with Crippen molar-refractivity contribution in [1.29, 1.82) is 0 Å². The van der Waals surface area contributed by atoms with Crippen LogP contribution in [-0.2, 0) is 29.0 Å². The van der Waals surface area contributed by atoms with Gasteiger partial charge in [0.2, 0.25) is 0 Å². The summed E-state index contributed by atoms with van der Waals surface area (Å²) in [5, 5.41) is 13.6. The maximum absolute atomic E-state index is 11.3. The van der Waals surface area contributed by atoms with Crippen LogP contribution in [0.25, 0.3) is 0 Å². The van der Waals surface area contributed by atoms with Gasteiger partial charge in [-0.1, -0.05) is 35.9 Å². The molecule has 0 unspecified atom stereocenters. The van der Waals surface area contributed by atoms with Gasteiger partial charge in [0.1, 0.15) is 0 Å². The third-order valence-corrected chi connectivity index (χ3v) is 5.64. The summed E-state index contributed by atoms with van der Waals surface area (Å²) in [6.07, 6.45) is 7.19. The van der Waals surface area contributed by atoms with E-state index >= 15 is 0 Å². The van der Waals surface area contributed by atoms with Crippen LogP contribution in [0.3, 0.4) is 0 Å². The van der Waals surface area contributed by atoms with Crippen LogP contribution >= 0.6 is 11.6 Å². The van der Waals surface area contributed by atoms with Gasteiger partial charge in [-0.2, -0.15) is 0 Å². The molecule has 1 aliphatic heterocycles. The molecule has 2 N–H and O–H groups in total. The monoisotopic (exact) mass is 442 g/mol. The first-order chi connectivity index (χ1) is 15.1. The average Bonchev–Trinajstić information content (AvgIpc) is 2.92. The summed E-state index contributed by atoms with van der Waals surface area (Å²) in [5.74, 6) is -0.300. The molecule has 0 aliphatic carbocycles. The Morgan fingerprint density at radius 3 is 2.81 bits per heavy atom. The Morgan fingerprint density at radius 1 is 1.16 bits per heavy atom. The van der Waals surface area contributed by atoms with Crippen LogP contribution in [-0.4, -0.2) is 37.3 Å². The van der Waals surface area contributed by atoms with E-state index in [1.807, 2.05) is 12.1 Å². The Balaban J connectivity index is 1.61. The molecule has 166 valence electrons. The maximum Gasteiger partial charge on any atom is 0.330 e. The molecule has 2 aromatic carbocycles. The number of anilines is 2. The third-order valence-electron chi connectivity index (χ3n) is 5.41. The number of nitrogens with zero attached hydrogens (tertiary/aromatic N) is 1. The van der Waals surface area contributed by atoms with E-state index in [-0.39, 0.29) is 12.6 Å². The predicted molar refractivity (Wildman–Crippen MR) is 126 cm³/mol. The standard InChI is InChI=1S/C25H31ClN2O3/c1-2-31-25(30)6-5-14-27-13-3-4-15-28-23-12-7-19(18-29)16-21(23)9-8-20-10-11-22(26)17-24(20)28/h5-7,10-12,16-17,27,29H,2-4,8-9,13-15,18H2,1H3/b6-5+. The zero-order chi connectivity index (χ0) is 22.1. The summed E-state index contributed by atoms with van der Waals surface area (Å²) in [5.41, 5.74) is 5.88. The highest BCUT2D eigenvalue weighted by Crippen LogP contribution is 2.38. The Labute approximate surface area is 189 Å². The number of esters is 1. The van der Waals surface area contributed by atoms with Crippen molar-refractivity contribution in [1.82, 2.24) is 5.32 Å². The molecule has 2 aromatic rings. The third kappa shape index (κ3) is 6.57. The van der Waals surface area contributed by atoms with E-state index in [2.05, 4.69) is 34.5 Å². The van der Waals surface area contributed by atoms with E-state index in [0.29, 0.717) is 13.2 Å². The summed E-state index contributed by atoms with van der Waals surface area (Å²) in [4.78, 5) is 13.6. The summed E-state index contributed by atoms with van der Waals surface area (Å²) in [7, 11) is 0. The van der Waals surface area contributed by atoms with Crippen molar-refractivity contribution >= 4 is 28.9 Å². The van der Waals surface area contributed by atoms with Crippen LogP contribution in [0.2, 0.25) is 5.02 Å². The number of nitrogens with one attached hydrogen (secondary N) is 1. The molecular weight excluding hydrogens is 412 g/mol. The van der Waals surface area contributed by atoms with E-state index in [9.17, 15) is 9.90 Å². The SMILES string of the molecule is CCOC(=O)/C=C/CNCCCCN1c2ccc(CO)cc2CCc2ccc(Cl)cc21. The zero-order valence-electron chi connectivity index (χ0n) is 18.1. The lowest BCUT2D eigenvalue weighted by molar-refractivity contribution is -0.137. The van der Waals surface area contributed by atoms with E-state index in [1.54, 1.807) is 13.0 Å². The van der Waals surface area contributed by atoms with Gasteiger partial charge < -0.3 is 20.1 Å². The quantitative estimate of drug-likeness (QED) is 0.321. The first kappa shape index (κ1) is 23.3. The predicted octanol–water partition coefficient (Wildman–Crippen LogP) is 4.56. The van der Waals surface area contributed by atoms with Crippen molar-refractivity contribution in [3.63, 3.8) is 0 Å². The molecule has 0 bridgehead atoms. The molecule has 0 saturated carbocycles. The highest BCUT2D eigenvalue weighted by atomic mass is 35.5. The van der Waals surface area contributed by atoms with Crippen LogP contribution in [0.4, 0.5) is 11.4 Å². The molecule has 1 aliphatic rings. The van der Waals surface area contributed by atoms with Crippen LogP contribution in [0.5, 0.6) is 0 Å². The summed E-state index contributed by atoms with van der Waals surface area (Å²) < 4.78 is 4.86. The lowest BCUT2D eigenvalue weighted by Gasteiger charge is -2.27. The molecule has 0 aromatic heterocycles. The minimum atomic E-state index is -0.300. The number of aliphatic hydroxyl groups is 1. The maximum atomic E-state index is 11.3. The number of aliphatic hydroxyl groups excluding tert-OH is 1. The summed E-state index contributed by atoms with van der Waals surface area (Å²) in [6.45, 7) is 4.66. The Hall–Kier alpha value is -2.34. The fourth-order valence-electron chi connectivity index (χ4n) is 3.89. The molecule has 0 saturated heterocycles. The summed E-state index contributed by atoms with van der Waals surface area (Å²) in [6, 6.07) is 12.4. The molecule has 1 heterocycles. The second-order valence-corrected chi connectivity index (χ2v) is 8.05. The van der Waals surface area contributed by atoms with Crippen LogP contribution in [0, 0.1) is 0 Å². The number of unbranched alkanes of at least 4 members (excludes halogenated alkanes) is 1. The molecule has 0 radical (unpaired) electrons. The van der Waals surface area contributed by atoms with Gasteiger partial charge in [0.05, 0.1) is 13.2 Å². The molecule has 0 atom stereocenters. The number of aryl methyl sites for hydroxylation is 2. The van der Waals surface area contributed by atoms with Gasteiger partial charge in [-0.15, -0.1) is 0 Å². The minimum absolute atomic E-state index is 0.0579. The van der Waals surface area contributed by atoms with E-state index in [4.69, 9.17) is 16.3 Å². The Morgan fingerprint density at radius 2 is 2.00 bits per heavy atom. The van der Waals surface area contributed by atoms with Crippen molar-refractivity contribution in [2.75, 3.05) is 31.1 Å². The number of rotatable bonds is 10. The molecule has 0 amide bonds. The number of carbonyl (C=O) groups excluding carboxylic acids is 1. The van der Waals surface area contributed by atoms with Gasteiger partial charge in [-0.3, -0.25) is 0 Å². The molecule has 0 spiro atoms. The number of ether oxygens (including phenoxy) is 1. The van der Waals surface area contributed by atoms with Gasteiger partial charge in [0, 0.05) is 35.6 Å². The smallest absolute Gasteiger partial charge is 0.330 e. The molecule has 0 fully saturated rings. The summed E-state index contributed by atoms with van der Waals surface area (Å²) >= 11 is 6.34. The van der Waals surface area contributed by atoms with Gasteiger partial charge in [-0.05, 0) is 74.0 Å². The van der Waals surface area contributed by atoms with Crippen LogP contribution in [0.15, 0.2) is 48.6 Å². The van der Waals surface area contributed by atoms with E-state index in [0.717, 1.165) is 49.4 Å². The number of benzene rings is 2. The largest absolute Gasteiger partial charge is 0.463 e. The molecule has 31 heavy (non-hydrogen) atoms. The van der Waals surface area contributed by atoms with Gasteiger partial charge in [0.15, 0.2) is 0 Å². The lowest BCUT2D eigenvalue weighted by atomic mass is 10.0. The molecular formula is C25H31ClN2O3. The fraction of sp³-hybridized carbons (Fsp3) is 0.400. The topological polar surface area (TPSA) is 61.8 Å². The minimum Gasteiger partial charge on any atom is -0.463 e. The van der Waals surface area contributed by atoms with Crippen molar-refractivity contribution in [3.05, 3.63) is 70.3 Å². The van der Waals surface area contributed by atoms with Gasteiger partial charge in [0.25, 0.3) is 0 Å². The highest BCUT2D eigenvalue weighted by molar-refractivity contribution is 6.30. The Kier molecular flexibility index (Phi) is 8.95. The van der Waals surface area contributed by atoms with Gasteiger partial charge >= 0.3 is 5.97 Å². The Bertz CT molecular complexity index is 914. The number of hydrogen-bond acceptors (Lipinski definition) is 5. The lowest BCUT2D eigenvalue weighted by Crippen LogP contribution is -2.22. The van der Waals surface area contributed by atoms with Crippen LogP contribution in [0.1, 0.15) is 36.5 Å². The molecule has 5 nitrogen and oxygen atoms in total. The van der Waals surface area contributed by atoms with E-state index < -0.39 is 0 Å².